The molecule has 0 saturated heterocycles. The van der Waals surface area contributed by atoms with Gasteiger partial charge in [0, 0.05) is 12.4 Å². The average molecular weight is 202 g/mol. The van der Waals surface area contributed by atoms with Crippen LogP contribution in [-0.2, 0) is 0 Å². The van der Waals surface area contributed by atoms with E-state index >= 15 is 0 Å². The number of nitrogens with one attached hydrogen (secondary N) is 1. The third-order valence-electron chi connectivity index (χ3n) is 2.72. The molecule has 0 aromatic heterocycles. The minimum absolute atomic E-state index is 0.629. The number of hydrogen-bond donors (Lipinski definition) is 1. The maximum atomic E-state index is 5.50. The third kappa shape index (κ3) is 5.33. The van der Waals surface area contributed by atoms with Gasteiger partial charge in [-0.3, -0.25) is 0 Å². The first-order chi connectivity index (χ1) is 6.43. The molecule has 2 heteroatoms. The number of allylic oxidation sites excluding steroid dienone is 1. The van der Waals surface area contributed by atoms with Crippen molar-refractivity contribution in [3.8, 4) is 0 Å². The molecule has 1 fully saturated rings. The van der Waals surface area contributed by atoms with Gasteiger partial charge in [-0.1, -0.05) is 37.8 Å². The first kappa shape index (κ1) is 11.1. The maximum Gasteiger partial charge on any atom is 0.0404 e. The number of alkyl halides is 1. The number of hydrogen-bond acceptors (Lipinski definition) is 1. The normalized spacial score (nSPS) is 18.8. The fourth-order valence-electron chi connectivity index (χ4n) is 1.94. The van der Waals surface area contributed by atoms with Crippen molar-refractivity contribution in [2.45, 2.75) is 32.1 Å². The second kappa shape index (κ2) is 7.40. The van der Waals surface area contributed by atoms with Gasteiger partial charge in [-0.2, -0.15) is 0 Å². The smallest absolute Gasteiger partial charge is 0.0404 e. The topological polar surface area (TPSA) is 12.0 Å². The molecule has 76 valence electrons. The number of rotatable bonds is 6. The highest BCUT2D eigenvalue weighted by molar-refractivity contribution is 6.18. The Morgan fingerprint density at radius 1 is 1.23 bits per heavy atom. The molecule has 0 bridgehead atoms. The van der Waals surface area contributed by atoms with Crippen LogP contribution in [0.1, 0.15) is 32.1 Å². The molecule has 0 amide bonds. The summed E-state index contributed by atoms with van der Waals surface area (Å²) in [5, 5.41) is 3.40. The molecule has 1 N–H and O–H groups in total. The van der Waals surface area contributed by atoms with Gasteiger partial charge in [-0.15, -0.1) is 11.6 Å². The average Bonchev–Trinajstić information content (AvgIpc) is 2.63. The van der Waals surface area contributed by atoms with Crippen LogP contribution in [-0.4, -0.2) is 19.0 Å². The van der Waals surface area contributed by atoms with Crippen LogP contribution in [0.3, 0.4) is 0 Å². The first-order valence-electron chi connectivity index (χ1n) is 5.35. The Morgan fingerprint density at radius 2 is 2.00 bits per heavy atom. The molecule has 1 saturated carbocycles. The molecule has 0 radical (unpaired) electrons. The minimum atomic E-state index is 0.629. The lowest BCUT2D eigenvalue weighted by Gasteiger charge is -2.07. The molecule has 0 aromatic rings. The van der Waals surface area contributed by atoms with Crippen molar-refractivity contribution in [1.29, 1.82) is 0 Å². The molecular formula is C11H20ClN. The van der Waals surface area contributed by atoms with Crippen LogP contribution >= 0.6 is 11.6 Å². The van der Waals surface area contributed by atoms with Crippen molar-refractivity contribution in [2.24, 2.45) is 5.92 Å². The Morgan fingerprint density at radius 3 is 2.69 bits per heavy atom. The molecule has 0 heterocycles. The summed E-state index contributed by atoms with van der Waals surface area (Å²) < 4.78 is 0. The summed E-state index contributed by atoms with van der Waals surface area (Å²) in [4.78, 5) is 0. The molecule has 0 aliphatic heterocycles. The van der Waals surface area contributed by atoms with Crippen molar-refractivity contribution < 1.29 is 0 Å². The van der Waals surface area contributed by atoms with Crippen LogP contribution in [0.2, 0.25) is 0 Å². The second-order valence-electron chi connectivity index (χ2n) is 3.77. The van der Waals surface area contributed by atoms with E-state index in [1.54, 1.807) is 0 Å². The van der Waals surface area contributed by atoms with Crippen LogP contribution < -0.4 is 5.32 Å². The van der Waals surface area contributed by atoms with E-state index in [-0.39, 0.29) is 0 Å². The van der Waals surface area contributed by atoms with E-state index in [2.05, 4.69) is 11.4 Å². The fourth-order valence-corrected chi connectivity index (χ4v) is 2.06. The van der Waals surface area contributed by atoms with Gasteiger partial charge < -0.3 is 5.32 Å². The first-order valence-corrected chi connectivity index (χ1v) is 5.88. The monoisotopic (exact) mass is 201 g/mol. The second-order valence-corrected chi connectivity index (χ2v) is 4.08. The van der Waals surface area contributed by atoms with Crippen LogP contribution in [0.25, 0.3) is 0 Å². The highest BCUT2D eigenvalue weighted by atomic mass is 35.5. The Hall–Kier alpha value is -0.0100. The summed E-state index contributed by atoms with van der Waals surface area (Å²) in [5.41, 5.74) is 0. The molecule has 1 rings (SSSR count). The molecular weight excluding hydrogens is 182 g/mol. The van der Waals surface area contributed by atoms with E-state index in [4.69, 9.17) is 11.6 Å². The van der Waals surface area contributed by atoms with Crippen LogP contribution in [0.15, 0.2) is 12.2 Å². The molecule has 13 heavy (non-hydrogen) atoms. The van der Waals surface area contributed by atoms with E-state index in [1.165, 1.54) is 32.1 Å². The Bertz CT molecular complexity index is 139. The third-order valence-corrected chi connectivity index (χ3v) is 2.90. The molecule has 1 aliphatic rings. The van der Waals surface area contributed by atoms with Gasteiger partial charge in [-0.05, 0) is 18.9 Å². The summed E-state index contributed by atoms with van der Waals surface area (Å²) in [6.07, 6.45) is 11.3. The quantitative estimate of drug-likeness (QED) is 0.396. The molecule has 0 atom stereocenters. The zero-order chi connectivity index (χ0) is 9.36. The van der Waals surface area contributed by atoms with Crippen molar-refractivity contribution in [2.75, 3.05) is 19.0 Å². The highest BCUT2D eigenvalue weighted by Gasteiger charge is 2.13. The molecule has 0 spiro atoms. The SMILES string of the molecule is ClC/C=C/CNCCC1CCCC1. The van der Waals surface area contributed by atoms with Crippen molar-refractivity contribution in [3.63, 3.8) is 0 Å². The maximum absolute atomic E-state index is 5.50. The van der Waals surface area contributed by atoms with E-state index in [1.807, 2.05) is 6.08 Å². The largest absolute Gasteiger partial charge is 0.313 e. The molecule has 0 unspecified atom stereocenters. The van der Waals surface area contributed by atoms with Gasteiger partial charge in [-0.25, -0.2) is 0 Å². The van der Waals surface area contributed by atoms with Gasteiger partial charge in [0.15, 0.2) is 0 Å². The molecule has 1 aliphatic carbocycles. The fraction of sp³-hybridized carbons (Fsp3) is 0.818. The molecule has 0 aromatic carbocycles. The zero-order valence-corrected chi connectivity index (χ0v) is 9.02. The van der Waals surface area contributed by atoms with Crippen LogP contribution in [0.5, 0.6) is 0 Å². The van der Waals surface area contributed by atoms with E-state index in [0.29, 0.717) is 5.88 Å². The van der Waals surface area contributed by atoms with Crippen LogP contribution in [0, 0.1) is 5.92 Å². The van der Waals surface area contributed by atoms with Gasteiger partial charge in [0.2, 0.25) is 0 Å². The zero-order valence-electron chi connectivity index (χ0n) is 8.27. The van der Waals surface area contributed by atoms with Gasteiger partial charge in [0.25, 0.3) is 0 Å². The Balaban J connectivity index is 1.86. The predicted molar refractivity (Wildman–Crippen MR) is 59.3 cm³/mol. The Labute approximate surface area is 86.5 Å². The van der Waals surface area contributed by atoms with Crippen molar-refractivity contribution >= 4 is 11.6 Å². The number of halogens is 1. The summed E-state index contributed by atoms with van der Waals surface area (Å²) in [5.74, 6) is 1.63. The minimum Gasteiger partial charge on any atom is -0.313 e. The summed E-state index contributed by atoms with van der Waals surface area (Å²) in [7, 11) is 0. The lowest BCUT2D eigenvalue weighted by Crippen LogP contribution is -2.17. The summed E-state index contributed by atoms with van der Waals surface area (Å²) >= 11 is 5.50. The molecule has 1 nitrogen and oxygen atoms in total. The van der Waals surface area contributed by atoms with E-state index in [9.17, 15) is 0 Å². The lowest BCUT2D eigenvalue weighted by molar-refractivity contribution is 0.485. The van der Waals surface area contributed by atoms with Crippen molar-refractivity contribution in [1.82, 2.24) is 5.32 Å². The van der Waals surface area contributed by atoms with Gasteiger partial charge in [0.1, 0.15) is 0 Å². The summed E-state index contributed by atoms with van der Waals surface area (Å²) in [6.45, 7) is 2.14. The van der Waals surface area contributed by atoms with Gasteiger partial charge >= 0.3 is 0 Å². The van der Waals surface area contributed by atoms with Crippen molar-refractivity contribution in [3.05, 3.63) is 12.2 Å². The predicted octanol–water partition coefficient (Wildman–Crippen LogP) is 2.95. The Kier molecular flexibility index (Phi) is 6.30. The van der Waals surface area contributed by atoms with Gasteiger partial charge in [0.05, 0.1) is 0 Å². The van der Waals surface area contributed by atoms with Crippen LogP contribution in [0.4, 0.5) is 0 Å². The lowest BCUT2D eigenvalue weighted by atomic mass is 10.0. The standard InChI is InChI=1S/C11H20ClN/c12-8-3-4-9-13-10-7-11-5-1-2-6-11/h3-4,11,13H,1-2,5-10H2/b4-3+. The van der Waals surface area contributed by atoms with E-state index in [0.717, 1.165) is 19.0 Å². The van der Waals surface area contributed by atoms with E-state index < -0.39 is 0 Å². The highest BCUT2D eigenvalue weighted by Crippen LogP contribution is 2.26. The summed E-state index contributed by atoms with van der Waals surface area (Å²) in [6, 6.07) is 0.